The van der Waals surface area contributed by atoms with E-state index < -0.39 is 0 Å². The van der Waals surface area contributed by atoms with Gasteiger partial charge in [-0.05, 0) is 43.5 Å². The van der Waals surface area contributed by atoms with Crippen molar-refractivity contribution >= 4 is 5.91 Å². The van der Waals surface area contributed by atoms with Crippen molar-refractivity contribution in [1.82, 2.24) is 4.90 Å². The molecule has 1 amide bonds. The van der Waals surface area contributed by atoms with Crippen LogP contribution >= 0.6 is 0 Å². The van der Waals surface area contributed by atoms with E-state index in [0.29, 0.717) is 18.1 Å². The van der Waals surface area contributed by atoms with Crippen molar-refractivity contribution in [3.05, 3.63) is 29.8 Å². The second-order valence-electron chi connectivity index (χ2n) is 4.97. The van der Waals surface area contributed by atoms with Gasteiger partial charge in [0, 0.05) is 12.1 Å². The number of amides is 1. The third-order valence-electron chi connectivity index (χ3n) is 3.74. The topological polar surface area (TPSA) is 49.8 Å². The minimum Gasteiger partial charge on any atom is -0.494 e. The van der Waals surface area contributed by atoms with Gasteiger partial charge < -0.3 is 14.7 Å². The van der Waals surface area contributed by atoms with E-state index in [2.05, 4.69) is 6.92 Å². The van der Waals surface area contributed by atoms with Crippen molar-refractivity contribution in [3.63, 3.8) is 0 Å². The first kappa shape index (κ1) is 13.9. The largest absolute Gasteiger partial charge is 0.494 e. The van der Waals surface area contributed by atoms with Gasteiger partial charge in [-0.1, -0.05) is 6.92 Å². The van der Waals surface area contributed by atoms with Crippen LogP contribution in [0.4, 0.5) is 0 Å². The van der Waals surface area contributed by atoms with Gasteiger partial charge >= 0.3 is 0 Å². The van der Waals surface area contributed by atoms with Crippen LogP contribution in [-0.2, 0) is 0 Å². The number of benzene rings is 1. The molecule has 2 unspecified atom stereocenters. The molecule has 2 rings (SSSR count). The average Bonchev–Trinajstić information content (AvgIpc) is 2.80. The van der Waals surface area contributed by atoms with Crippen LogP contribution in [0.3, 0.4) is 0 Å². The number of carbonyl (C=O) groups is 1. The molecule has 19 heavy (non-hydrogen) atoms. The smallest absolute Gasteiger partial charge is 0.254 e. The van der Waals surface area contributed by atoms with Crippen LogP contribution < -0.4 is 4.74 Å². The van der Waals surface area contributed by atoms with Crippen molar-refractivity contribution in [2.75, 3.05) is 19.8 Å². The molecule has 1 N–H and O–H groups in total. The third-order valence-corrected chi connectivity index (χ3v) is 3.74. The Bertz CT molecular complexity index is 430. The van der Waals surface area contributed by atoms with E-state index >= 15 is 0 Å². The van der Waals surface area contributed by atoms with Gasteiger partial charge in [0.2, 0.25) is 0 Å². The Morgan fingerprint density at radius 3 is 2.68 bits per heavy atom. The SMILES string of the molecule is CCOc1ccc(C(=O)N2CCC(C)C2CO)cc1. The summed E-state index contributed by atoms with van der Waals surface area (Å²) >= 11 is 0. The van der Waals surface area contributed by atoms with Gasteiger partial charge in [0.1, 0.15) is 5.75 Å². The number of hydrogen-bond donors (Lipinski definition) is 1. The standard InChI is InChI=1S/C15H21NO3/c1-3-19-13-6-4-12(5-7-13)15(18)16-9-8-11(2)14(16)10-17/h4-7,11,14,17H,3,8-10H2,1-2H3. The van der Waals surface area contributed by atoms with Gasteiger partial charge in [-0.25, -0.2) is 0 Å². The Kier molecular flexibility index (Phi) is 4.43. The van der Waals surface area contributed by atoms with E-state index in [1.807, 2.05) is 19.1 Å². The van der Waals surface area contributed by atoms with Gasteiger partial charge in [0.25, 0.3) is 5.91 Å². The van der Waals surface area contributed by atoms with Crippen molar-refractivity contribution < 1.29 is 14.6 Å². The number of likely N-dealkylation sites (tertiary alicyclic amines) is 1. The van der Waals surface area contributed by atoms with E-state index in [-0.39, 0.29) is 18.6 Å². The van der Waals surface area contributed by atoms with Gasteiger partial charge in [-0.2, -0.15) is 0 Å². The van der Waals surface area contributed by atoms with E-state index in [9.17, 15) is 9.90 Å². The first-order valence-corrected chi connectivity index (χ1v) is 6.82. The summed E-state index contributed by atoms with van der Waals surface area (Å²) in [6.45, 7) is 5.37. The monoisotopic (exact) mass is 263 g/mol. The molecular weight excluding hydrogens is 242 g/mol. The molecule has 0 bridgehead atoms. The third kappa shape index (κ3) is 2.89. The fourth-order valence-electron chi connectivity index (χ4n) is 2.57. The van der Waals surface area contributed by atoms with Crippen LogP contribution in [0.1, 0.15) is 30.6 Å². The molecule has 1 aromatic carbocycles. The molecule has 1 saturated heterocycles. The second kappa shape index (κ2) is 6.06. The Morgan fingerprint density at radius 2 is 2.11 bits per heavy atom. The molecule has 4 heteroatoms. The Labute approximate surface area is 114 Å². The van der Waals surface area contributed by atoms with Crippen molar-refractivity contribution in [3.8, 4) is 5.75 Å². The summed E-state index contributed by atoms with van der Waals surface area (Å²) in [6.07, 6.45) is 0.952. The van der Waals surface area contributed by atoms with E-state index in [4.69, 9.17) is 4.74 Å². The maximum Gasteiger partial charge on any atom is 0.254 e. The van der Waals surface area contributed by atoms with Crippen LogP contribution in [0.15, 0.2) is 24.3 Å². The highest BCUT2D eigenvalue weighted by Crippen LogP contribution is 2.25. The molecule has 0 aliphatic carbocycles. The van der Waals surface area contributed by atoms with Crippen molar-refractivity contribution in [2.24, 2.45) is 5.92 Å². The first-order valence-electron chi connectivity index (χ1n) is 6.82. The number of hydrogen-bond acceptors (Lipinski definition) is 3. The van der Waals surface area contributed by atoms with Gasteiger partial charge in [0.05, 0.1) is 19.3 Å². The van der Waals surface area contributed by atoms with E-state index in [0.717, 1.165) is 18.7 Å². The Balaban J connectivity index is 2.11. The maximum absolute atomic E-state index is 12.4. The molecule has 0 saturated carbocycles. The van der Waals surface area contributed by atoms with Crippen molar-refractivity contribution in [2.45, 2.75) is 26.3 Å². The summed E-state index contributed by atoms with van der Waals surface area (Å²) in [7, 11) is 0. The minimum absolute atomic E-state index is 0.00792. The summed E-state index contributed by atoms with van der Waals surface area (Å²) in [5.41, 5.74) is 0.649. The molecule has 2 atom stereocenters. The predicted molar refractivity (Wildman–Crippen MR) is 73.3 cm³/mol. The maximum atomic E-state index is 12.4. The van der Waals surface area contributed by atoms with Crippen molar-refractivity contribution in [1.29, 1.82) is 0 Å². The number of aliphatic hydroxyl groups is 1. The molecule has 0 radical (unpaired) electrons. The zero-order valence-corrected chi connectivity index (χ0v) is 11.5. The lowest BCUT2D eigenvalue weighted by atomic mass is 10.0. The predicted octanol–water partition coefficient (Wildman–Crippen LogP) is 1.93. The second-order valence-corrected chi connectivity index (χ2v) is 4.97. The lowest BCUT2D eigenvalue weighted by Gasteiger charge is -2.25. The molecule has 104 valence electrons. The average molecular weight is 263 g/mol. The molecule has 4 nitrogen and oxygen atoms in total. The number of nitrogens with zero attached hydrogens (tertiary/aromatic N) is 1. The molecule has 0 spiro atoms. The molecule has 1 aliphatic heterocycles. The molecule has 0 aromatic heterocycles. The van der Waals surface area contributed by atoms with Crippen LogP contribution in [0.5, 0.6) is 5.75 Å². The highest BCUT2D eigenvalue weighted by Gasteiger charge is 2.34. The minimum atomic E-state index is -0.0564. The molecule has 1 aliphatic rings. The number of carbonyl (C=O) groups excluding carboxylic acids is 1. The van der Waals surface area contributed by atoms with Gasteiger partial charge in [-0.15, -0.1) is 0 Å². The molecule has 1 aromatic rings. The quantitative estimate of drug-likeness (QED) is 0.903. The number of aliphatic hydroxyl groups excluding tert-OH is 1. The van der Waals surface area contributed by atoms with Crippen LogP contribution in [0, 0.1) is 5.92 Å². The Hall–Kier alpha value is -1.55. The lowest BCUT2D eigenvalue weighted by Crippen LogP contribution is -2.39. The zero-order valence-electron chi connectivity index (χ0n) is 11.5. The normalized spacial score (nSPS) is 22.6. The summed E-state index contributed by atoms with van der Waals surface area (Å²) < 4.78 is 5.36. The van der Waals surface area contributed by atoms with E-state index in [1.165, 1.54) is 0 Å². The fraction of sp³-hybridized carbons (Fsp3) is 0.533. The van der Waals surface area contributed by atoms with Gasteiger partial charge in [0.15, 0.2) is 0 Å². The summed E-state index contributed by atoms with van der Waals surface area (Å²) in [5.74, 6) is 1.12. The summed E-state index contributed by atoms with van der Waals surface area (Å²) in [5, 5.41) is 9.40. The highest BCUT2D eigenvalue weighted by molar-refractivity contribution is 5.94. The highest BCUT2D eigenvalue weighted by atomic mass is 16.5. The zero-order chi connectivity index (χ0) is 13.8. The molecule has 1 fully saturated rings. The fourth-order valence-corrected chi connectivity index (χ4v) is 2.57. The van der Waals surface area contributed by atoms with Crippen LogP contribution in [0.2, 0.25) is 0 Å². The summed E-state index contributed by atoms with van der Waals surface area (Å²) in [4.78, 5) is 14.2. The summed E-state index contributed by atoms with van der Waals surface area (Å²) in [6, 6.07) is 7.13. The molecule has 1 heterocycles. The first-order chi connectivity index (χ1) is 9.17. The van der Waals surface area contributed by atoms with E-state index in [1.54, 1.807) is 17.0 Å². The van der Waals surface area contributed by atoms with Gasteiger partial charge in [-0.3, -0.25) is 4.79 Å². The number of ether oxygens (including phenoxy) is 1. The lowest BCUT2D eigenvalue weighted by molar-refractivity contribution is 0.0648. The molecular formula is C15H21NO3. The van der Waals surface area contributed by atoms with Crippen LogP contribution in [-0.4, -0.2) is 41.7 Å². The Morgan fingerprint density at radius 1 is 1.42 bits per heavy atom. The number of rotatable bonds is 4. The van der Waals surface area contributed by atoms with Crippen LogP contribution in [0.25, 0.3) is 0 Å².